The molecule has 1 fully saturated rings. The van der Waals surface area contributed by atoms with Crippen LogP contribution in [0.4, 0.5) is 0 Å². The number of nitrogens with zero attached hydrogens (tertiary/aromatic N) is 2. The molecule has 0 bridgehead atoms. The topological polar surface area (TPSA) is 57.7 Å². The molecule has 0 N–H and O–H groups in total. The second-order valence-electron chi connectivity index (χ2n) is 6.43. The molecular formula is C20H21ClN2O3S. The van der Waals surface area contributed by atoms with Crippen molar-refractivity contribution in [2.45, 2.75) is 11.8 Å². The number of hydrogen-bond donors (Lipinski definition) is 0. The SMILES string of the molecule is Cc1cccc(C=CC(=O)N2CCN(S(=O)(=O)c3cccc(Cl)c3)CC2)c1. The number of rotatable bonds is 4. The van der Waals surface area contributed by atoms with Crippen LogP contribution in [-0.4, -0.2) is 49.7 Å². The fourth-order valence-corrected chi connectivity index (χ4v) is 4.70. The molecule has 27 heavy (non-hydrogen) atoms. The van der Waals surface area contributed by atoms with Gasteiger partial charge in [-0.3, -0.25) is 4.79 Å². The van der Waals surface area contributed by atoms with E-state index < -0.39 is 10.0 Å². The minimum absolute atomic E-state index is 0.115. The van der Waals surface area contributed by atoms with Crippen molar-refractivity contribution in [3.05, 3.63) is 70.8 Å². The second kappa shape index (κ2) is 8.25. The van der Waals surface area contributed by atoms with Crippen molar-refractivity contribution in [3.63, 3.8) is 0 Å². The Bertz CT molecular complexity index is 965. The molecule has 2 aromatic rings. The summed E-state index contributed by atoms with van der Waals surface area (Å²) in [6.07, 6.45) is 3.32. The van der Waals surface area contributed by atoms with Crippen molar-refractivity contribution < 1.29 is 13.2 Å². The zero-order valence-corrected chi connectivity index (χ0v) is 16.6. The van der Waals surface area contributed by atoms with Crippen LogP contribution in [0.15, 0.2) is 59.5 Å². The van der Waals surface area contributed by atoms with E-state index in [1.54, 1.807) is 23.1 Å². The second-order valence-corrected chi connectivity index (χ2v) is 8.81. The molecule has 0 aromatic heterocycles. The Morgan fingerprint density at radius 2 is 1.74 bits per heavy atom. The number of aryl methyl sites for hydroxylation is 1. The van der Waals surface area contributed by atoms with Crippen LogP contribution >= 0.6 is 11.6 Å². The van der Waals surface area contributed by atoms with Crippen molar-refractivity contribution in [3.8, 4) is 0 Å². The monoisotopic (exact) mass is 404 g/mol. The van der Waals surface area contributed by atoms with E-state index in [2.05, 4.69) is 0 Å². The predicted molar refractivity (Wildman–Crippen MR) is 107 cm³/mol. The third-order valence-electron chi connectivity index (χ3n) is 4.44. The van der Waals surface area contributed by atoms with Crippen LogP contribution < -0.4 is 0 Å². The molecule has 1 amide bonds. The minimum atomic E-state index is -3.60. The largest absolute Gasteiger partial charge is 0.337 e. The molecular weight excluding hydrogens is 384 g/mol. The van der Waals surface area contributed by atoms with Crippen LogP contribution in [0.3, 0.4) is 0 Å². The van der Waals surface area contributed by atoms with Gasteiger partial charge in [-0.2, -0.15) is 4.31 Å². The van der Waals surface area contributed by atoms with Crippen molar-refractivity contribution in [1.82, 2.24) is 9.21 Å². The molecule has 1 aliphatic rings. The number of carbonyl (C=O) groups excluding carboxylic acids is 1. The van der Waals surface area contributed by atoms with Crippen molar-refractivity contribution in [2.24, 2.45) is 0 Å². The first-order valence-electron chi connectivity index (χ1n) is 8.66. The highest BCUT2D eigenvalue weighted by atomic mass is 35.5. The first kappa shape index (κ1) is 19.6. The zero-order valence-electron chi connectivity index (χ0n) is 15.0. The van der Waals surface area contributed by atoms with Gasteiger partial charge in [0, 0.05) is 37.3 Å². The van der Waals surface area contributed by atoms with Crippen molar-refractivity contribution >= 4 is 33.6 Å². The Balaban J connectivity index is 1.62. The third kappa shape index (κ3) is 4.77. The molecule has 1 saturated heterocycles. The molecule has 7 heteroatoms. The lowest BCUT2D eigenvalue weighted by Gasteiger charge is -2.33. The van der Waals surface area contributed by atoms with Crippen molar-refractivity contribution in [1.29, 1.82) is 0 Å². The van der Waals surface area contributed by atoms with Gasteiger partial charge in [0.05, 0.1) is 4.90 Å². The van der Waals surface area contributed by atoms with Gasteiger partial charge >= 0.3 is 0 Å². The summed E-state index contributed by atoms with van der Waals surface area (Å²) in [5.41, 5.74) is 2.09. The number of carbonyl (C=O) groups is 1. The molecule has 0 spiro atoms. The number of hydrogen-bond acceptors (Lipinski definition) is 3. The lowest BCUT2D eigenvalue weighted by Crippen LogP contribution is -2.50. The van der Waals surface area contributed by atoms with E-state index in [0.717, 1.165) is 11.1 Å². The Hall–Kier alpha value is -2.15. The lowest BCUT2D eigenvalue weighted by molar-refractivity contribution is -0.127. The Labute approximate surface area is 164 Å². The molecule has 0 aliphatic carbocycles. The van der Waals surface area contributed by atoms with Crippen LogP contribution in [0, 0.1) is 6.92 Å². The highest BCUT2D eigenvalue weighted by Gasteiger charge is 2.29. The van der Waals surface area contributed by atoms with Gasteiger partial charge in [-0.25, -0.2) is 8.42 Å². The summed E-state index contributed by atoms with van der Waals surface area (Å²) in [5.74, 6) is -0.115. The number of halogens is 1. The molecule has 142 valence electrons. The maximum Gasteiger partial charge on any atom is 0.246 e. The molecule has 0 unspecified atom stereocenters. The average Bonchev–Trinajstić information content (AvgIpc) is 2.66. The normalized spacial score (nSPS) is 16.0. The molecule has 2 aromatic carbocycles. The van der Waals surface area contributed by atoms with E-state index >= 15 is 0 Å². The maximum absolute atomic E-state index is 12.7. The Kier molecular flexibility index (Phi) is 5.99. The van der Waals surface area contributed by atoms with E-state index in [9.17, 15) is 13.2 Å². The third-order valence-corrected chi connectivity index (χ3v) is 6.57. The molecule has 0 radical (unpaired) electrons. The highest BCUT2D eigenvalue weighted by molar-refractivity contribution is 7.89. The summed E-state index contributed by atoms with van der Waals surface area (Å²) in [6, 6.07) is 14.1. The van der Waals surface area contributed by atoms with E-state index in [1.165, 1.54) is 22.5 Å². The molecule has 0 saturated carbocycles. The van der Waals surface area contributed by atoms with Crippen LogP contribution in [-0.2, 0) is 14.8 Å². The average molecular weight is 405 g/mol. The first-order chi connectivity index (χ1) is 12.9. The van der Waals surface area contributed by atoms with Gasteiger partial charge in [0.1, 0.15) is 0 Å². The van der Waals surface area contributed by atoms with Gasteiger partial charge in [0.25, 0.3) is 0 Å². The Morgan fingerprint density at radius 3 is 2.41 bits per heavy atom. The van der Waals surface area contributed by atoms with Crippen LogP contribution in [0.1, 0.15) is 11.1 Å². The van der Waals surface area contributed by atoms with Gasteiger partial charge in [0.2, 0.25) is 15.9 Å². The van der Waals surface area contributed by atoms with Crippen LogP contribution in [0.25, 0.3) is 6.08 Å². The van der Waals surface area contributed by atoms with Gasteiger partial charge < -0.3 is 4.90 Å². The summed E-state index contributed by atoms with van der Waals surface area (Å²) in [4.78, 5) is 14.2. The quantitative estimate of drug-likeness (QED) is 0.735. The molecule has 0 atom stereocenters. The first-order valence-corrected chi connectivity index (χ1v) is 10.5. The van der Waals surface area contributed by atoms with Gasteiger partial charge in [-0.1, -0.05) is 47.5 Å². The van der Waals surface area contributed by atoms with E-state index in [4.69, 9.17) is 11.6 Å². The summed E-state index contributed by atoms with van der Waals surface area (Å²) in [6.45, 7) is 3.24. The summed E-state index contributed by atoms with van der Waals surface area (Å²) in [5, 5.41) is 0.381. The van der Waals surface area contributed by atoms with Crippen LogP contribution in [0.5, 0.6) is 0 Å². The van der Waals surface area contributed by atoms with E-state index in [1.807, 2.05) is 31.2 Å². The van der Waals surface area contributed by atoms with Crippen molar-refractivity contribution in [2.75, 3.05) is 26.2 Å². The summed E-state index contributed by atoms with van der Waals surface area (Å²) >= 11 is 5.91. The minimum Gasteiger partial charge on any atom is -0.337 e. The molecule has 5 nitrogen and oxygen atoms in total. The summed E-state index contributed by atoms with van der Waals surface area (Å²) in [7, 11) is -3.60. The van der Waals surface area contributed by atoms with Gasteiger partial charge in [-0.05, 0) is 36.8 Å². The van der Waals surface area contributed by atoms with Crippen LogP contribution in [0.2, 0.25) is 5.02 Å². The van der Waals surface area contributed by atoms with E-state index in [-0.39, 0.29) is 23.9 Å². The smallest absolute Gasteiger partial charge is 0.246 e. The standard InChI is InChI=1S/C20H21ClN2O3S/c1-16-4-2-5-17(14-16)8-9-20(24)22-10-12-23(13-11-22)27(25,26)19-7-3-6-18(21)15-19/h2-9,14-15H,10-13H2,1H3. The maximum atomic E-state index is 12.7. The summed E-state index contributed by atoms with van der Waals surface area (Å²) < 4.78 is 26.8. The number of sulfonamides is 1. The molecule has 1 aliphatic heterocycles. The van der Waals surface area contributed by atoms with Gasteiger partial charge in [0.15, 0.2) is 0 Å². The lowest BCUT2D eigenvalue weighted by atomic mass is 10.1. The zero-order chi connectivity index (χ0) is 19.4. The number of benzene rings is 2. The molecule has 1 heterocycles. The predicted octanol–water partition coefficient (Wildman–Crippen LogP) is 3.19. The number of piperazine rings is 1. The Morgan fingerprint density at radius 1 is 1.04 bits per heavy atom. The highest BCUT2D eigenvalue weighted by Crippen LogP contribution is 2.21. The number of amides is 1. The van der Waals surface area contributed by atoms with E-state index in [0.29, 0.717) is 18.1 Å². The van der Waals surface area contributed by atoms with Gasteiger partial charge in [-0.15, -0.1) is 0 Å². The molecule has 3 rings (SSSR count). The fourth-order valence-electron chi connectivity index (χ4n) is 2.97. The fraction of sp³-hybridized carbons (Fsp3) is 0.250.